The Morgan fingerprint density at radius 3 is 2.41 bits per heavy atom. The lowest BCUT2D eigenvalue weighted by Gasteiger charge is -2.27. The van der Waals surface area contributed by atoms with Crippen LogP contribution in [0.15, 0.2) is 0 Å². The fourth-order valence-electron chi connectivity index (χ4n) is 1.80. The Hall–Kier alpha value is -1.14. The van der Waals surface area contributed by atoms with E-state index in [-0.39, 0.29) is 18.4 Å². The second-order valence-electron chi connectivity index (χ2n) is 4.65. The van der Waals surface area contributed by atoms with E-state index in [1.165, 1.54) is 0 Å². The number of nitrogens with one attached hydrogen (secondary N) is 2. The zero-order valence-electron chi connectivity index (χ0n) is 10.4. The minimum absolute atomic E-state index is 0.112. The van der Waals surface area contributed by atoms with E-state index in [2.05, 4.69) is 10.6 Å². The number of hydrogen-bond donors (Lipinski definition) is 3. The molecule has 0 radical (unpaired) electrons. The zero-order valence-corrected chi connectivity index (χ0v) is 10.4. The minimum Gasteiger partial charge on any atom is -0.480 e. The summed E-state index contributed by atoms with van der Waals surface area (Å²) in [5.41, 5.74) is 0. The summed E-state index contributed by atoms with van der Waals surface area (Å²) in [6.45, 7) is 7.24. The summed E-state index contributed by atoms with van der Waals surface area (Å²) in [5.74, 6) is -1.30. The molecule has 1 rings (SSSR count). The molecule has 6 heteroatoms. The minimum atomic E-state index is -0.978. The summed E-state index contributed by atoms with van der Waals surface area (Å²) in [4.78, 5) is 24.6. The van der Waals surface area contributed by atoms with Crippen LogP contribution in [0.3, 0.4) is 0 Å². The van der Waals surface area contributed by atoms with Gasteiger partial charge in [-0.1, -0.05) is 13.8 Å². The Kier molecular flexibility index (Phi) is 5.37. The van der Waals surface area contributed by atoms with Crippen molar-refractivity contribution < 1.29 is 14.7 Å². The van der Waals surface area contributed by atoms with E-state index >= 15 is 0 Å². The number of carboxylic acids is 1. The Labute approximate surface area is 101 Å². The first-order chi connectivity index (χ1) is 8.00. The molecule has 17 heavy (non-hydrogen) atoms. The van der Waals surface area contributed by atoms with Gasteiger partial charge in [0.15, 0.2) is 0 Å². The Balaban J connectivity index is 2.38. The molecule has 1 atom stereocenters. The summed E-state index contributed by atoms with van der Waals surface area (Å²) < 4.78 is 0. The van der Waals surface area contributed by atoms with Crippen molar-refractivity contribution in [1.29, 1.82) is 0 Å². The highest BCUT2D eigenvalue weighted by Crippen LogP contribution is 2.02. The topological polar surface area (TPSA) is 81.7 Å². The number of nitrogens with zero attached hydrogens (tertiary/aromatic N) is 1. The van der Waals surface area contributed by atoms with Gasteiger partial charge in [0, 0.05) is 26.2 Å². The number of rotatable bonds is 5. The van der Waals surface area contributed by atoms with Gasteiger partial charge in [-0.25, -0.2) is 4.79 Å². The van der Waals surface area contributed by atoms with Crippen molar-refractivity contribution in [3.8, 4) is 0 Å². The van der Waals surface area contributed by atoms with Gasteiger partial charge < -0.3 is 15.7 Å². The number of carbonyl (C=O) groups is 2. The molecule has 1 aliphatic rings. The van der Waals surface area contributed by atoms with E-state index in [4.69, 9.17) is 5.11 Å². The molecule has 0 aromatic carbocycles. The third kappa shape index (κ3) is 4.70. The third-order valence-corrected chi connectivity index (χ3v) is 2.83. The molecular weight excluding hydrogens is 222 g/mol. The van der Waals surface area contributed by atoms with Gasteiger partial charge in [0.25, 0.3) is 0 Å². The first-order valence-corrected chi connectivity index (χ1v) is 5.96. The highest BCUT2D eigenvalue weighted by Gasteiger charge is 2.24. The maximum Gasteiger partial charge on any atom is 0.326 e. The zero-order chi connectivity index (χ0) is 12.8. The van der Waals surface area contributed by atoms with Gasteiger partial charge in [-0.15, -0.1) is 0 Å². The molecule has 0 aromatic rings. The lowest BCUT2D eigenvalue weighted by Crippen LogP contribution is -2.51. The Morgan fingerprint density at radius 2 is 1.94 bits per heavy atom. The van der Waals surface area contributed by atoms with Crippen LogP contribution in [0.25, 0.3) is 0 Å². The van der Waals surface area contributed by atoms with E-state index in [1.807, 2.05) is 4.90 Å². The first-order valence-electron chi connectivity index (χ1n) is 5.96. The second-order valence-corrected chi connectivity index (χ2v) is 4.65. The predicted molar refractivity (Wildman–Crippen MR) is 63.7 cm³/mol. The summed E-state index contributed by atoms with van der Waals surface area (Å²) in [6.07, 6.45) is 0. The van der Waals surface area contributed by atoms with Crippen LogP contribution in [0.2, 0.25) is 0 Å². The molecule has 0 bridgehead atoms. The van der Waals surface area contributed by atoms with Gasteiger partial charge in [0.1, 0.15) is 6.04 Å². The van der Waals surface area contributed by atoms with Crippen molar-refractivity contribution in [2.45, 2.75) is 19.9 Å². The molecule has 98 valence electrons. The van der Waals surface area contributed by atoms with Crippen LogP contribution in [0, 0.1) is 5.92 Å². The van der Waals surface area contributed by atoms with Crippen LogP contribution in [0.4, 0.5) is 0 Å². The molecule has 0 unspecified atom stereocenters. The highest BCUT2D eigenvalue weighted by molar-refractivity contribution is 5.84. The van der Waals surface area contributed by atoms with Gasteiger partial charge in [0.05, 0.1) is 6.54 Å². The average molecular weight is 243 g/mol. The van der Waals surface area contributed by atoms with Crippen molar-refractivity contribution in [2.75, 3.05) is 32.7 Å². The van der Waals surface area contributed by atoms with Crippen LogP contribution in [-0.4, -0.2) is 60.6 Å². The maximum atomic E-state index is 11.7. The van der Waals surface area contributed by atoms with Gasteiger partial charge in [-0.05, 0) is 5.92 Å². The fraction of sp³-hybridized carbons (Fsp3) is 0.818. The van der Waals surface area contributed by atoms with E-state index in [0.717, 1.165) is 26.2 Å². The molecule has 0 aliphatic carbocycles. The maximum absolute atomic E-state index is 11.7. The molecule has 0 saturated carbocycles. The SMILES string of the molecule is CC(C)[C@@H](NC(=O)CN1CCNCC1)C(=O)O. The first kappa shape index (κ1) is 13.9. The molecule has 1 saturated heterocycles. The van der Waals surface area contributed by atoms with Crippen LogP contribution >= 0.6 is 0 Å². The van der Waals surface area contributed by atoms with Crippen LogP contribution in [-0.2, 0) is 9.59 Å². The van der Waals surface area contributed by atoms with Crippen molar-refractivity contribution in [3.63, 3.8) is 0 Å². The van der Waals surface area contributed by atoms with Gasteiger partial charge in [-0.3, -0.25) is 9.69 Å². The average Bonchev–Trinajstić information content (AvgIpc) is 2.26. The molecule has 3 N–H and O–H groups in total. The standard InChI is InChI=1S/C11H21N3O3/c1-8(2)10(11(16)17)13-9(15)7-14-5-3-12-4-6-14/h8,10,12H,3-7H2,1-2H3,(H,13,15)(H,16,17)/t10-/m1/s1. The molecule has 6 nitrogen and oxygen atoms in total. The van der Waals surface area contributed by atoms with E-state index < -0.39 is 12.0 Å². The predicted octanol–water partition coefficient (Wildman–Crippen LogP) is -0.883. The van der Waals surface area contributed by atoms with E-state index in [0.29, 0.717) is 0 Å². The number of piperazine rings is 1. The molecule has 1 heterocycles. The molecule has 1 amide bonds. The van der Waals surface area contributed by atoms with Crippen molar-refractivity contribution in [3.05, 3.63) is 0 Å². The van der Waals surface area contributed by atoms with Crippen molar-refractivity contribution >= 4 is 11.9 Å². The van der Waals surface area contributed by atoms with E-state index in [1.54, 1.807) is 13.8 Å². The molecule has 1 aliphatic heterocycles. The number of aliphatic carboxylic acids is 1. The number of hydrogen-bond acceptors (Lipinski definition) is 4. The smallest absolute Gasteiger partial charge is 0.326 e. The molecule has 0 aromatic heterocycles. The van der Waals surface area contributed by atoms with Gasteiger partial charge in [0.2, 0.25) is 5.91 Å². The Morgan fingerprint density at radius 1 is 1.35 bits per heavy atom. The number of carboxylic acid groups (broad SMARTS) is 1. The van der Waals surface area contributed by atoms with Crippen LogP contribution < -0.4 is 10.6 Å². The number of amides is 1. The lowest BCUT2D eigenvalue weighted by molar-refractivity contribution is -0.143. The monoisotopic (exact) mass is 243 g/mol. The largest absolute Gasteiger partial charge is 0.480 e. The quantitative estimate of drug-likeness (QED) is 0.584. The summed E-state index contributed by atoms with van der Waals surface area (Å²) in [5, 5.41) is 14.7. The molecule has 1 fully saturated rings. The summed E-state index contributed by atoms with van der Waals surface area (Å²) >= 11 is 0. The van der Waals surface area contributed by atoms with Crippen molar-refractivity contribution in [2.24, 2.45) is 5.92 Å². The highest BCUT2D eigenvalue weighted by atomic mass is 16.4. The van der Waals surface area contributed by atoms with Crippen LogP contribution in [0.1, 0.15) is 13.8 Å². The Bertz CT molecular complexity index is 275. The number of carbonyl (C=O) groups excluding carboxylic acids is 1. The fourth-order valence-corrected chi connectivity index (χ4v) is 1.80. The van der Waals surface area contributed by atoms with Crippen molar-refractivity contribution in [1.82, 2.24) is 15.5 Å². The second kappa shape index (κ2) is 6.56. The third-order valence-electron chi connectivity index (χ3n) is 2.83. The summed E-state index contributed by atoms with van der Waals surface area (Å²) in [6, 6.07) is -0.801. The van der Waals surface area contributed by atoms with Gasteiger partial charge >= 0.3 is 5.97 Å². The molecule has 0 spiro atoms. The van der Waals surface area contributed by atoms with E-state index in [9.17, 15) is 9.59 Å². The van der Waals surface area contributed by atoms with Gasteiger partial charge in [-0.2, -0.15) is 0 Å². The lowest BCUT2D eigenvalue weighted by atomic mass is 10.0. The normalized spacial score (nSPS) is 19.0. The molecular formula is C11H21N3O3. The summed E-state index contributed by atoms with van der Waals surface area (Å²) in [7, 11) is 0. The van der Waals surface area contributed by atoms with Crippen LogP contribution in [0.5, 0.6) is 0 Å².